The summed E-state index contributed by atoms with van der Waals surface area (Å²) < 4.78 is 7.52. The van der Waals surface area contributed by atoms with Crippen molar-refractivity contribution < 1.29 is 4.74 Å². The maximum Gasteiger partial charge on any atom is 0.195 e. The first kappa shape index (κ1) is 13.4. The van der Waals surface area contributed by atoms with Gasteiger partial charge in [0.05, 0.1) is 0 Å². The van der Waals surface area contributed by atoms with Crippen molar-refractivity contribution in [3.8, 4) is 0 Å². The minimum Gasteiger partial charge on any atom is -0.381 e. The SMILES string of the molecule is BrCC1(CSc2nnc3ccccn23)CCOCC1. The van der Waals surface area contributed by atoms with Gasteiger partial charge in [-0.3, -0.25) is 4.40 Å². The Labute approximate surface area is 125 Å². The standard InChI is InChI=1S/C13H16BrN3OS/c14-9-13(4-7-18-8-5-13)10-19-12-16-15-11-3-1-2-6-17(11)12/h1-3,6H,4-5,7-10H2. The molecule has 3 rings (SSSR count). The molecule has 0 unspecified atom stereocenters. The highest BCUT2D eigenvalue weighted by Gasteiger charge is 2.32. The lowest BCUT2D eigenvalue weighted by atomic mass is 9.85. The Bertz CT molecular complexity index is 554. The van der Waals surface area contributed by atoms with Gasteiger partial charge in [0, 0.05) is 30.5 Å². The van der Waals surface area contributed by atoms with E-state index in [1.165, 1.54) is 0 Å². The summed E-state index contributed by atoms with van der Waals surface area (Å²) in [7, 11) is 0. The van der Waals surface area contributed by atoms with E-state index in [9.17, 15) is 0 Å². The number of nitrogens with zero attached hydrogens (tertiary/aromatic N) is 3. The van der Waals surface area contributed by atoms with Crippen molar-refractivity contribution in [3.05, 3.63) is 24.4 Å². The van der Waals surface area contributed by atoms with E-state index in [0.717, 1.165) is 47.9 Å². The average Bonchev–Trinajstić information content (AvgIpc) is 2.89. The van der Waals surface area contributed by atoms with Gasteiger partial charge in [0.15, 0.2) is 10.8 Å². The van der Waals surface area contributed by atoms with Crippen LogP contribution in [0.3, 0.4) is 0 Å². The molecule has 0 spiro atoms. The van der Waals surface area contributed by atoms with Gasteiger partial charge in [-0.15, -0.1) is 10.2 Å². The van der Waals surface area contributed by atoms with E-state index in [2.05, 4.69) is 26.1 Å². The molecule has 6 heteroatoms. The fraction of sp³-hybridized carbons (Fsp3) is 0.538. The first-order valence-electron chi connectivity index (χ1n) is 6.39. The second-order valence-electron chi connectivity index (χ2n) is 4.95. The first-order chi connectivity index (χ1) is 9.33. The zero-order chi connectivity index (χ0) is 13.1. The fourth-order valence-corrected chi connectivity index (χ4v) is 4.50. The molecule has 0 amide bonds. The molecule has 19 heavy (non-hydrogen) atoms. The topological polar surface area (TPSA) is 39.4 Å². The summed E-state index contributed by atoms with van der Waals surface area (Å²) in [4.78, 5) is 0. The Hall–Kier alpha value is -0.590. The number of pyridine rings is 1. The van der Waals surface area contributed by atoms with Gasteiger partial charge in [-0.25, -0.2) is 0 Å². The number of aromatic nitrogens is 3. The lowest BCUT2D eigenvalue weighted by molar-refractivity contribution is 0.0374. The minimum absolute atomic E-state index is 0.323. The van der Waals surface area contributed by atoms with E-state index in [1.54, 1.807) is 11.8 Å². The van der Waals surface area contributed by atoms with Gasteiger partial charge < -0.3 is 4.74 Å². The molecule has 2 aromatic heterocycles. The predicted molar refractivity (Wildman–Crippen MR) is 80.0 cm³/mol. The Morgan fingerprint density at radius 1 is 1.32 bits per heavy atom. The lowest BCUT2D eigenvalue weighted by Gasteiger charge is -2.35. The first-order valence-corrected chi connectivity index (χ1v) is 8.50. The van der Waals surface area contributed by atoms with E-state index in [0.29, 0.717) is 5.41 Å². The number of rotatable bonds is 4. The smallest absolute Gasteiger partial charge is 0.195 e. The van der Waals surface area contributed by atoms with Crippen LogP contribution in [0.15, 0.2) is 29.6 Å². The summed E-state index contributed by atoms with van der Waals surface area (Å²) in [6.45, 7) is 1.74. The molecular formula is C13H16BrN3OS. The van der Waals surface area contributed by atoms with Crippen LogP contribution >= 0.6 is 27.7 Å². The van der Waals surface area contributed by atoms with Crippen molar-refractivity contribution in [2.75, 3.05) is 24.3 Å². The zero-order valence-electron chi connectivity index (χ0n) is 10.6. The van der Waals surface area contributed by atoms with Crippen molar-refractivity contribution in [1.82, 2.24) is 14.6 Å². The van der Waals surface area contributed by atoms with Gasteiger partial charge >= 0.3 is 0 Å². The van der Waals surface area contributed by atoms with Crippen LogP contribution in [0.5, 0.6) is 0 Å². The van der Waals surface area contributed by atoms with Crippen LogP contribution in [0.4, 0.5) is 0 Å². The highest BCUT2D eigenvalue weighted by atomic mass is 79.9. The molecule has 0 radical (unpaired) electrons. The lowest BCUT2D eigenvalue weighted by Crippen LogP contribution is -2.33. The van der Waals surface area contributed by atoms with Crippen molar-refractivity contribution in [1.29, 1.82) is 0 Å². The number of fused-ring (bicyclic) bond motifs is 1. The summed E-state index contributed by atoms with van der Waals surface area (Å²) in [5.41, 5.74) is 1.23. The van der Waals surface area contributed by atoms with Gasteiger partial charge in [0.25, 0.3) is 0 Å². The van der Waals surface area contributed by atoms with E-state index in [1.807, 2.05) is 28.8 Å². The van der Waals surface area contributed by atoms with E-state index < -0.39 is 0 Å². The molecule has 0 saturated carbocycles. The summed E-state index contributed by atoms with van der Waals surface area (Å²) in [5, 5.41) is 10.5. The van der Waals surface area contributed by atoms with E-state index in [4.69, 9.17) is 4.74 Å². The van der Waals surface area contributed by atoms with Crippen LogP contribution in [0, 0.1) is 5.41 Å². The van der Waals surface area contributed by atoms with E-state index in [-0.39, 0.29) is 0 Å². The molecule has 4 nitrogen and oxygen atoms in total. The van der Waals surface area contributed by atoms with E-state index >= 15 is 0 Å². The minimum atomic E-state index is 0.323. The van der Waals surface area contributed by atoms with Gasteiger partial charge in [0.2, 0.25) is 0 Å². The molecule has 0 bridgehead atoms. The molecular weight excluding hydrogens is 326 g/mol. The molecule has 1 aliphatic rings. The number of alkyl halides is 1. The van der Waals surface area contributed by atoms with Crippen molar-refractivity contribution >= 4 is 33.3 Å². The van der Waals surface area contributed by atoms with Gasteiger partial charge in [-0.05, 0) is 30.4 Å². The van der Waals surface area contributed by atoms with Crippen LogP contribution in [0.1, 0.15) is 12.8 Å². The summed E-state index contributed by atoms with van der Waals surface area (Å²) >= 11 is 5.46. The summed E-state index contributed by atoms with van der Waals surface area (Å²) in [6.07, 6.45) is 4.24. The molecule has 0 atom stereocenters. The number of thioether (sulfide) groups is 1. The third-order valence-corrected chi connectivity index (χ3v) is 6.11. The maximum atomic E-state index is 5.47. The molecule has 1 fully saturated rings. The predicted octanol–water partition coefficient (Wildman–Crippen LogP) is 3.01. The zero-order valence-corrected chi connectivity index (χ0v) is 13.0. The second kappa shape index (κ2) is 5.81. The molecule has 102 valence electrons. The largest absolute Gasteiger partial charge is 0.381 e. The highest BCUT2D eigenvalue weighted by molar-refractivity contribution is 9.09. The fourth-order valence-electron chi connectivity index (χ4n) is 2.26. The quantitative estimate of drug-likeness (QED) is 0.633. The number of halogens is 1. The number of hydrogen-bond acceptors (Lipinski definition) is 4. The second-order valence-corrected chi connectivity index (χ2v) is 6.45. The van der Waals surface area contributed by atoms with Gasteiger partial charge in [-0.2, -0.15) is 0 Å². The van der Waals surface area contributed by atoms with Crippen LogP contribution in [0.2, 0.25) is 0 Å². The van der Waals surface area contributed by atoms with Crippen LogP contribution in [0.25, 0.3) is 5.65 Å². The molecule has 0 aliphatic carbocycles. The Balaban J connectivity index is 1.74. The monoisotopic (exact) mass is 341 g/mol. The van der Waals surface area contributed by atoms with Crippen molar-refractivity contribution in [2.45, 2.75) is 18.0 Å². The summed E-state index contributed by atoms with van der Waals surface area (Å²) in [6, 6.07) is 5.97. The summed E-state index contributed by atoms with van der Waals surface area (Å²) in [5.74, 6) is 1.05. The molecule has 1 aliphatic heterocycles. The van der Waals surface area contributed by atoms with Crippen molar-refractivity contribution in [3.63, 3.8) is 0 Å². The van der Waals surface area contributed by atoms with Gasteiger partial charge in [0.1, 0.15) is 0 Å². The van der Waals surface area contributed by atoms with Crippen LogP contribution in [-0.2, 0) is 4.74 Å². The molecule has 1 saturated heterocycles. The molecule has 3 heterocycles. The van der Waals surface area contributed by atoms with Gasteiger partial charge in [-0.1, -0.05) is 33.8 Å². The maximum absolute atomic E-state index is 5.47. The Kier molecular flexibility index (Phi) is 4.10. The molecule has 0 N–H and O–H groups in total. The van der Waals surface area contributed by atoms with Crippen molar-refractivity contribution in [2.24, 2.45) is 5.41 Å². The average molecular weight is 342 g/mol. The van der Waals surface area contributed by atoms with Crippen LogP contribution in [-0.4, -0.2) is 38.9 Å². The molecule has 0 aromatic carbocycles. The third kappa shape index (κ3) is 2.80. The Morgan fingerprint density at radius 3 is 2.95 bits per heavy atom. The third-order valence-electron chi connectivity index (χ3n) is 3.63. The Morgan fingerprint density at radius 2 is 2.16 bits per heavy atom. The number of ether oxygens (including phenoxy) is 1. The highest BCUT2D eigenvalue weighted by Crippen LogP contribution is 2.37. The number of hydrogen-bond donors (Lipinski definition) is 0. The normalized spacial score (nSPS) is 18.8. The molecule has 2 aromatic rings. The van der Waals surface area contributed by atoms with Crippen LogP contribution < -0.4 is 0 Å².